The Hall–Kier alpha value is -1.50. The summed E-state index contributed by atoms with van der Waals surface area (Å²) in [6.07, 6.45) is -8.30. The van der Waals surface area contributed by atoms with Crippen LogP contribution in [0.5, 0.6) is 0 Å². The van der Waals surface area contributed by atoms with E-state index < -0.39 is 29.5 Å². The molecule has 0 saturated heterocycles. The largest absolute Gasteiger partial charge is 0.416 e. The van der Waals surface area contributed by atoms with Gasteiger partial charge in [-0.1, -0.05) is 6.08 Å². The van der Waals surface area contributed by atoms with E-state index in [9.17, 15) is 26.3 Å². The van der Waals surface area contributed by atoms with Gasteiger partial charge in [-0.05, 0) is 30.2 Å². The van der Waals surface area contributed by atoms with E-state index >= 15 is 0 Å². The fourth-order valence-electron chi connectivity index (χ4n) is 1.51. The van der Waals surface area contributed by atoms with Gasteiger partial charge in [0.15, 0.2) is 0 Å². The quantitative estimate of drug-likeness (QED) is 0.649. The first-order valence-corrected chi connectivity index (χ1v) is 5.21. The Morgan fingerprint density at radius 3 is 1.74 bits per heavy atom. The van der Waals surface area contributed by atoms with Crippen molar-refractivity contribution in [3.05, 3.63) is 47.5 Å². The van der Waals surface area contributed by atoms with Crippen LogP contribution in [0.2, 0.25) is 0 Å². The molecule has 0 amide bonds. The third-order valence-corrected chi connectivity index (χ3v) is 2.46. The molecular weight excluding hydrogens is 272 g/mol. The topological polar surface area (TPSA) is 26.0 Å². The van der Waals surface area contributed by atoms with Crippen LogP contribution in [0.1, 0.15) is 29.2 Å². The average Bonchev–Trinajstić information content (AvgIpc) is 2.26. The van der Waals surface area contributed by atoms with Crippen molar-refractivity contribution < 1.29 is 26.3 Å². The molecule has 0 heterocycles. The maximum atomic E-state index is 12.6. The van der Waals surface area contributed by atoms with E-state index in [1.165, 1.54) is 6.08 Å². The van der Waals surface area contributed by atoms with Gasteiger partial charge in [0.1, 0.15) is 0 Å². The third-order valence-electron chi connectivity index (χ3n) is 2.46. The van der Waals surface area contributed by atoms with E-state index in [2.05, 4.69) is 6.58 Å². The van der Waals surface area contributed by atoms with Crippen molar-refractivity contribution in [2.45, 2.75) is 24.8 Å². The molecule has 7 heteroatoms. The normalized spacial score (nSPS) is 14.3. The van der Waals surface area contributed by atoms with Gasteiger partial charge >= 0.3 is 12.4 Å². The molecule has 0 aliphatic rings. The molecule has 1 aromatic rings. The Morgan fingerprint density at radius 1 is 1.00 bits per heavy atom. The molecule has 0 aliphatic heterocycles. The second kappa shape index (κ2) is 5.24. The van der Waals surface area contributed by atoms with E-state index in [1.807, 2.05) is 0 Å². The van der Waals surface area contributed by atoms with Crippen LogP contribution in [0.4, 0.5) is 26.3 Å². The van der Waals surface area contributed by atoms with Gasteiger partial charge < -0.3 is 5.73 Å². The Kier molecular flexibility index (Phi) is 4.29. The lowest BCUT2D eigenvalue weighted by Crippen LogP contribution is -2.15. The molecule has 1 atom stereocenters. The summed E-state index contributed by atoms with van der Waals surface area (Å²) in [5, 5.41) is 0. The third kappa shape index (κ3) is 3.99. The molecule has 1 aromatic carbocycles. The summed E-state index contributed by atoms with van der Waals surface area (Å²) < 4.78 is 75.3. The number of halogens is 6. The van der Waals surface area contributed by atoms with Gasteiger partial charge in [-0.25, -0.2) is 0 Å². The van der Waals surface area contributed by atoms with Crippen molar-refractivity contribution in [2.24, 2.45) is 5.73 Å². The highest BCUT2D eigenvalue weighted by atomic mass is 19.4. The zero-order valence-electron chi connectivity index (χ0n) is 9.65. The number of alkyl halides is 6. The lowest BCUT2D eigenvalue weighted by Gasteiger charge is -2.17. The first-order valence-electron chi connectivity index (χ1n) is 5.21. The minimum atomic E-state index is -4.86. The molecule has 0 bridgehead atoms. The summed E-state index contributed by atoms with van der Waals surface area (Å²) in [4.78, 5) is 0. The van der Waals surface area contributed by atoms with Crippen molar-refractivity contribution in [3.63, 3.8) is 0 Å². The zero-order chi connectivity index (χ0) is 14.8. The molecule has 19 heavy (non-hydrogen) atoms. The summed E-state index contributed by atoms with van der Waals surface area (Å²) in [6.45, 7) is 3.34. The molecule has 1 nitrogen and oxygen atoms in total. The number of hydrogen-bond acceptors (Lipinski definition) is 1. The fraction of sp³-hybridized carbons (Fsp3) is 0.333. The lowest BCUT2D eigenvalue weighted by atomic mass is 9.98. The van der Waals surface area contributed by atoms with Gasteiger partial charge in [-0.2, -0.15) is 26.3 Å². The number of hydrogen-bond donors (Lipinski definition) is 1. The summed E-state index contributed by atoms with van der Waals surface area (Å²) in [7, 11) is 0. The maximum absolute atomic E-state index is 12.6. The highest BCUT2D eigenvalue weighted by Gasteiger charge is 2.37. The van der Waals surface area contributed by atoms with Crippen LogP contribution >= 0.6 is 0 Å². The van der Waals surface area contributed by atoms with Crippen molar-refractivity contribution in [2.75, 3.05) is 0 Å². The second-order valence-electron chi connectivity index (χ2n) is 3.97. The first-order chi connectivity index (χ1) is 8.55. The van der Waals surface area contributed by atoms with Gasteiger partial charge in [0.2, 0.25) is 0 Å². The van der Waals surface area contributed by atoms with Gasteiger partial charge in [0.05, 0.1) is 11.1 Å². The second-order valence-corrected chi connectivity index (χ2v) is 3.97. The Labute approximate surface area is 105 Å². The predicted molar refractivity (Wildman–Crippen MR) is 58.2 cm³/mol. The summed E-state index contributed by atoms with van der Waals surface area (Å²) in [6, 6.07) is 0.373. The van der Waals surface area contributed by atoms with Gasteiger partial charge in [0.25, 0.3) is 0 Å². The summed E-state index contributed by atoms with van der Waals surface area (Å²) in [5.74, 6) is 0. The van der Waals surface area contributed by atoms with Crippen LogP contribution < -0.4 is 5.73 Å². The standard InChI is InChI=1S/C12H11F6N/c1-2-3-10(19)7-4-8(11(13,14)15)6-9(5-7)12(16,17)18/h2,4-6,10H,1,3,19H2/t10-/m1/s1. The highest BCUT2D eigenvalue weighted by Crippen LogP contribution is 2.37. The van der Waals surface area contributed by atoms with Crippen LogP contribution in [-0.4, -0.2) is 0 Å². The van der Waals surface area contributed by atoms with Crippen LogP contribution in [0.15, 0.2) is 30.9 Å². The molecule has 0 saturated carbocycles. The van der Waals surface area contributed by atoms with Gasteiger partial charge in [-0.3, -0.25) is 0 Å². The molecule has 0 radical (unpaired) electrons. The fourth-order valence-corrected chi connectivity index (χ4v) is 1.51. The zero-order valence-corrected chi connectivity index (χ0v) is 9.65. The lowest BCUT2D eigenvalue weighted by molar-refractivity contribution is -0.143. The van der Waals surface area contributed by atoms with E-state index in [1.54, 1.807) is 0 Å². The highest BCUT2D eigenvalue weighted by molar-refractivity contribution is 5.35. The van der Waals surface area contributed by atoms with Gasteiger partial charge in [0, 0.05) is 6.04 Å². The van der Waals surface area contributed by atoms with E-state index in [-0.39, 0.29) is 18.1 Å². The van der Waals surface area contributed by atoms with Crippen LogP contribution in [0.25, 0.3) is 0 Å². The Morgan fingerprint density at radius 2 is 1.42 bits per heavy atom. The SMILES string of the molecule is C=CC[C@@H](N)c1cc(C(F)(F)F)cc(C(F)(F)F)c1. The van der Waals surface area contributed by atoms with Gasteiger partial charge in [-0.15, -0.1) is 6.58 Å². The summed E-state index contributed by atoms with van der Waals surface area (Å²) in [5.41, 5.74) is 2.58. The van der Waals surface area contributed by atoms with Crippen LogP contribution in [-0.2, 0) is 12.4 Å². The van der Waals surface area contributed by atoms with E-state index in [4.69, 9.17) is 5.73 Å². The number of rotatable bonds is 3. The predicted octanol–water partition coefficient (Wildman–Crippen LogP) is 4.30. The van der Waals surface area contributed by atoms with Crippen molar-refractivity contribution in [3.8, 4) is 0 Å². The Bertz CT molecular complexity index is 428. The molecule has 0 spiro atoms. The smallest absolute Gasteiger partial charge is 0.324 e. The van der Waals surface area contributed by atoms with Crippen LogP contribution in [0.3, 0.4) is 0 Å². The molecule has 106 valence electrons. The molecule has 0 fully saturated rings. The first kappa shape index (κ1) is 15.6. The minimum absolute atomic E-state index is 0.0735. The van der Waals surface area contributed by atoms with Crippen LogP contribution in [0, 0.1) is 0 Å². The van der Waals surface area contributed by atoms with Crippen molar-refractivity contribution >= 4 is 0 Å². The molecule has 0 unspecified atom stereocenters. The molecule has 0 aliphatic carbocycles. The maximum Gasteiger partial charge on any atom is 0.416 e. The number of benzene rings is 1. The molecular formula is C12H11F6N. The average molecular weight is 283 g/mol. The van der Waals surface area contributed by atoms with Crippen molar-refractivity contribution in [1.82, 2.24) is 0 Å². The van der Waals surface area contributed by atoms with E-state index in [0.717, 1.165) is 0 Å². The molecule has 0 aromatic heterocycles. The molecule has 2 N–H and O–H groups in total. The van der Waals surface area contributed by atoms with E-state index in [0.29, 0.717) is 12.1 Å². The molecule has 1 rings (SSSR count). The van der Waals surface area contributed by atoms with Crippen molar-refractivity contribution in [1.29, 1.82) is 0 Å². The summed E-state index contributed by atoms with van der Waals surface area (Å²) >= 11 is 0. The monoisotopic (exact) mass is 283 g/mol. The number of nitrogens with two attached hydrogens (primary N) is 1. The minimum Gasteiger partial charge on any atom is -0.324 e. The Balaban J connectivity index is 3.36.